The lowest BCUT2D eigenvalue weighted by molar-refractivity contribution is -0.183. The topological polar surface area (TPSA) is 79.3 Å². The highest BCUT2D eigenvalue weighted by Crippen LogP contribution is 2.37. The van der Waals surface area contributed by atoms with E-state index in [4.69, 9.17) is 5.11 Å². The second-order valence-electron chi connectivity index (χ2n) is 5.31. The Kier molecular flexibility index (Phi) is 4.68. The van der Waals surface area contributed by atoms with Gasteiger partial charge in [-0.1, -0.05) is 6.42 Å². The van der Waals surface area contributed by atoms with Gasteiger partial charge in [-0.25, -0.2) is 9.78 Å². The van der Waals surface area contributed by atoms with E-state index in [0.717, 1.165) is 6.20 Å². The summed E-state index contributed by atoms with van der Waals surface area (Å²) >= 11 is 0. The summed E-state index contributed by atoms with van der Waals surface area (Å²) in [5, 5.41) is 11.3. The first-order valence-corrected chi connectivity index (χ1v) is 6.84. The number of halogens is 3. The van der Waals surface area contributed by atoms with Crippen LogP contribution in [0.25, 0.3) is 0 Å². The van der Waals surface area contributed by atoms with Crippen molar-refractivity contribution in [2.75, 3.05) is 0 Å². The largest absolute Gasteiger partial charge is 0.477 e. The Morgan fingerprint density at radius 3 is 2.55 bits per heavy atom. The number of nitrogens with zero attached hydrogens (tertiary/aromatic N) is 1. The summed E-state index contributed by atoms with van der Waals surface area (Å²) in [7, 11) is 0. The van der Waals surface area contributed by atoms with Gasteiger partial charge in [0.25, 0.3) is 5.91 Å². The van der Waals surface area contributed by atoms with Gasteiger partial charge >= 0.3 is 12.1 Å². The van der Waals surface area contributed by atoms with Crippen LogP contribution in [0, 0.1) is 5.92 Å². The van der Waals surface area contributed by atoms with Gasteiger partial charge in [-0.05, 0) is 31.4 Å². The van der Waals surface area contributed by atoms with Gasteiger partial charge in [0, 0.05) is 12.2 Å². The molecule has 0 saturated heterocycles. The Morgan fingerprint density at radius 2 is 2.00 bits per heavy atom. The van der Waals surface area contributed by atoms with Gasteiger partial charge in [-0.3, -0.25) is 4.79 Å². The second-order valence-corrected chi connectivity index (χ2v) is 5.31. The molecule has 1 aliphatic carbocycles. The molecule has 1 aliphatic rings. The summed E-state index contributed by atoms with van der Waals surface area (Å²) in [6, 6.07) is 1.93. The number of aromatic nitrogens is 1. The third-order valence-corrected chi connectivity index (χ3v) is 3.72. The SMILES string of the molecule is O=C(NC1CCCC(C(F)(F)F)C1)c1ccc(C(=O)O)nc1. The van der Waals surface area contributed by atoms with Gasteiger partial charge in [0.1, 0.15) is 5.69 Å². The third kappa shape index (κ3) is 3.96. The maximum atomic E-state index is 12.7. The van der Waals surface area contributed by atoms with Crippen molar-refractivity contribution in [3.63, 3.8) is 0 Å². The second kappa shape index (κ2) is 6.33. The van der Waals surface area contributed by atoms with Crippen molar-refractivity contribution < 1.29 is 27.9 Å². The maximum Gasteiger partial charge on any atom is 0.391 e. The van der Waals surface area contributed by atoms with Crippen LogP contribution < -0.4 is 5.32 Å². The number of carboxylic acid groups (broad SMARTS) is 1. The van der Waals surface area contributed by atoms with Gasteiger partial charge in [0.15, 0.2) is 0 Å². The van der Waals surface area contributed by atoms with Crippen LogP contribution in [0.4, 0.5) is 13.2 Å². The lowest BCUT2D eigenvalue weighted by atomic mass is 9.85. The average molecular weight is 316 g/mol. The van der Waals surface area contributed by atoms with E-state index >= 15 is 0 Å². The van der Waals surface area contributed by atoms with Crippen LogP contribution in [0.2, 0.25) is 0 Å². The predicted octanol–water partition coefficient (Wildman–Crippen LogP) is 2.63. The van der Waals surface area contributed by atoms with Crippen LogP contribution in [0.3, 0.4) is 0 Å². The first kappa shape index (κ1) is 16.3. The number of rotatable bonds is 3. The molecule has 1 amide bonds. The summed E-state index contributed by atoms with van der Waals surface area (Å²) in [6.07, 6.45) is -2.28. The molecule has 0 aromatic carbocycles. The summed E-state index contributed by atoms with van der Waals surface area (Å²) in [5.74, 6) is -3.15. The standard InChI is InChI=1S/C14H15F3N2O3/c15-14(16,17)9-2-1-3-10(6-9)19-12(20)8-4-5-11(13(21)22)18-7-8/h4-5,7,9-10H,1-3,6H2,(H,19,20)(H,21,22). The molecule has 2 atom stereocenters. The molecule has 1 fully saturated rings. The van der Waals surface area contributed by atoms with Crippen LogP contribution in [0.15, 0.2) is 18.3 Å². The molecule has 8 heteroatoms. The number of alkyl halides is 3. The summed E-state index contributed by atoms with van der Waals surface area (Å²) in [4.78, 5) is 26.2. The maximum absolute atomic E-state index is 12.7. The summed E-state index contributed by atoms with van der Waals surface area (Å²) in [5.41, 5.74) is -0.0783. The zero-order valence-corrected chi connectivity index (χ0v) is 11.6. The highest BCUT2D eigenvalue weighted by atomic mass is 19.4. The summed E-state index contributed by atoms with van der Waals surface area (Å²) < 4.78 is 38.2. The molecule has 22 heavy (non-hydrogen) atoms. The van der Waals surface area contributed by atoms with E-state index in [-0.39, 0.29) is 24.1 Å². The highest BCUT2D eigenvalue weighted by Gasteiger charge is 2.42. The zero-order chi connectivity index (χ0) is 16.3. The Morgan fingerprint density at radius 1 is 1.27 bits per heavy atom. The minimum atomic E-state index is -4.24. The molecule has 1 aromatic rings. The fraction of sp³-hybridized carbons (Fsp3) is 0.500. The van der Waals surface area contributed by atoms with Gasteiger partial charge in [0.05, 0.1) is 11.5 Å². The summed E-state index contributed by atoms with van der Waals surface area (Å²) in [6.45, 7) is 0. The lowest BCUT2D eigenvalue weighted by Crippen LogP contribution is -2.41. The van der Waals surface area contributed by atoms with Crippen LogP contribution in [-0.4, -0.2) is 34.2 Å². The number of nitrogens with one attached hydrogen (secondary N) is 1. The number of hydrogen-bond donors (Lipinski definition) is 2. The molecular formula is C14H15F3N2O3. The molecule has 2 rings (SSSR count). The smallest absolute Gasteiger partial charge is 0.391 e. The van der Waals surface area contributed by atoms with Crippen molar-refractivity contribution in [3.05, 3.63) is 29.6 Å². The number of carbonyl (C=O) groups excluding carboxylic acids is 1. The van der Waals surface area contributed by atoms with Gasteiger partial charge < -0.3 is 10.4 Å². The van der Waals surface area contributed by atoms with Crippen LogP contribution in [0.5, 0.6) is 0 Å². The average Bonchev–Trinajstić information content (AvgIpc) is 2.46. The van der Waals surface area contributed by atoms with E-state index in [1.807, 2.05) is 0 Å². The molecule has 1 aromatic heterocycles. The molecule has 5 nitrogen and oxygen atoms in total. The lowest BCUT2D eigenvalue weighted by Gasteiger charge is -2.31. The van der Waals surface area contributed by atoms with Crippen molar-refractivity contribution in [2.45, 2.75) is 37.9 Å². The fourth-order valence-corrected chi connectivity index (χ4v) is 2.54. The molecule has 0 radical (unpaired) electrons. The van der Waals surface area contributed by atoms with Crippen molar-refractivity contribution in [1.82, 2.24) is 10.3 Å². The molecule has 0 spiro atoms. The quantitative estimate of drug-likeness (QED) is 0.898. The minimum Gasteiger partial charge on any atom is -0.477 e. The van der Waals surface area contributed by atoms with Crippen molar-refractivity contribution >= 4 is 11.9 Å². The van der Waals surface area contributed by atoms with Crippen molar-refractivity contribution in [2.24, 2.45) is 5.92 Å². The van der Waals surface area contributed by atoms with Gasteiger partial charge in [-0.15, -0.1) is 0 Å². The van der Waals surface area contributed by atoms with Crippen molar-refractivity contribution in [1.29, 1.82) is 0 Å². The third-order valence-electron chi connectivity index (χ3n) is 3.72. The van der Waals surface area contributed by atoms with E-state index in [2.05, 4.69) is 10.3 Å². The normalized spacial score (nSPS) is 22.1. The Balaban J connectivity index is 1.98. The first-order valence-electron chi connectivity index (χ1n) is 6.84. The van der Waals surface area contributed by atoms with Gasteiger partial charge in [-0.2, -0.15) is 13.2 Å². The number of hydrogen-bond acceptors (Lipinski definition) is 3. The molecule has 1 heterocycles. The molecule has 2 N–H and O–H groups in total. The van der Waals surface area contributed by atoms with Crippen LogP contribution in [0.1, 0.15) is 46.5 Å². The fourth-order valence-electron chi connectivity index (χ4n) is 2.54. The molecule has 120 valence electrons. The Bertz CT molecular complexity index is 557. The number of carboxylic acids is 1. The van der Waals surface area contributed by atoms with E-state index in [1.54, 1.807) is 0 Å². The number of aromatic carboxylic acids is 1. The Labute approximate surface area is 124 Å². The molecule has 2 unspecified atom stereocenters. The van der Waals surface area contributed by atoms with E-state index in [1.165, 1.54) is 12.1 Å². The van der Waals surface area contributed by atoms with Crippen LogP contribution >= 0.6 is 0 Å². The van der Waals surface area contributed by atoms with Crippen LogP contribution in [-0.2, 0) is 0 Å². The predicted molar refractivity (Wildman–Crippen MR) is 70.5 cm³/mol. The van der Waals surface area contributed by atoms with Crippen molar-refractivity contribution in [3.8, 4) is 0 Å². The molecule has 1 saturated carbocycles. The zero-order valence-electron chi connectivity index (χ0n) is 11.6. The van der Waals surface area contributed by atoms with E-state index in [9.17, 15) is 22.8 Å². The number of carbonyl (C=O) groups is 2. The number of amides is 1. The number of pyridine rings is 1. The molecule has 0 aliphatic heterocycles. The molecular weight excluding hydrogens is 301 g/mol. The molecule has 0 bridgehead atoms. The van der Waals surface area contributed by atoms with E-state index < -0.39 is 30.0 Å². The first-order chi connectivity index (χ1) is 10.3. The van der Waals surface area contributed by atoms with E-state index in [0.29, 0.717) is 12.8 Å². The highest BCUT2D eigenvalue weighted by molar-refractivity contribution is 5.95. The minimum absolute atomic E-state index is 0.0880. The Hall–Kier alpha value is -2.12. The van der Waals surface area contributed by atoms with Gasteiger partial charge in [0.2, 0.25) is 0 Å². The monoisotopic (exact) mass is 316 g/mol.